The summed E-state index contributed by atoms with van der Waals surface area (Å²) in [7, 11) is 0. The highest BCUT2D eigenvalue weighted by atomic mass is 35.5. The molecule has 3 aromatic rings. The van der Waals surface area contributed by atoms with Gasteiger partial charge >= 0.3 is 0 Å². The Morgan fingerprint density at radius 3 is 2.67 bits per heavy atom. The summed E-state index contributed by atoms with van der Waals surface area (Å²) >= 11 is 6.18. The number of nitrogens with one attached hydrogen (secondary N) is 1. The monoisotopic (exact) mass is 337 g/mol. The van der Waals surface area contributed by atoms with Crippen LogP contribution in [0.4, 0.5) is 0 Å². The number of benzene rings is 2. The number of aromatic nitrogens is 2. The van der Waals surface area contributed by atoms with E-state index in [4.69, 9.17) is 11.6 Å². The molecule has 5 nitrogen and oxygen atoms in total. The van der Waals surface area contributed by atoms with Crippen molar-refractivity contribution in [3.8, 4) is 5.69 Å². The first-order valence-corrected chi connectivity index (χ1v) is 7.76. The summed E-state index contributed by atoms with van der Waals surface area (Å²) in [5, 5.41) is 7.79. The lowest BCUT2D eigenvalue weighted by molar-refractivity contribution is 0.0938. The molecule has 1 atom stereocenters. The van der Waals surface area contributed by atoms with Gasteiger partial charge in [-0.05, 0) is 23.8 Å². The molecular formula is C18H12ClN3O2. The second-order valence-electron chi connectivity index (χ2n) is 5.50. The fourth-order valence-corrected chi connectivity index (χ4v) is 3.12. The minimum atomic E-state index is -0.353. The van der Waals surface area contributed by atoms with Gasteiger partial charge in [0.15, 0.2) is 6.29 Å². The Kier molecular flexibility index (Phi) is 3.43. The minimum absolute atomic E-state index is 0.208. The van der Waals surface area contributed by atoms with Crippen LogP contribution in [-0.4, -0.2) is 22.0 Å². The molecule has 1 aromatic heterocycles. The molecule has 0 radical (unpaired) electrons. The number of halogens is 1. The molecule has 0 bridgehead atoms. The van der Waals surface area contributed by atoms with E-state index in [0.29, 0.717) is 17.0 Å². The zero-order chi connectivity index (χ0) is 16.7. The maximum Gasteiger partial charge on any atom is 0.270 e. The van der Waals surface area contributed by atoms with Gasteiger partial charge in [0.05, 0.1) is 11.7 Å². The van der Waals surface area contributed by atoms with Crippen molar-refractivity contribution in [2.24, 2.45) is 0 Å². The third-order valence-corrected chi connectivity index (χ3v) is 4.25. The number of fused-ring (bicyclic) bond motifs is 3. The quantitative estimate of drug-likeness (QED) is 0.730. The van der Waals surface area contributed by atoms with Crippen LogP contribution in [0.15, 0.2) is 54.6 Å². The molecule has 1 aliphatic rings. The standard InChI is InChI=1S/C18H12ClN3O2/c19-12-6-7-15-14(8-12)17(11-4-2-1-3-5-11)20-18(24)16-9-13(10-23)21-22(15)16/h1-10,17H,(H,20,24). The Morgan fingerprint density at radius 1 is 1.12 bits per heavy atom. The Hall–Kier alpha value is -2.92. The maximum atomic E-state index is 12.7. The highest BCUT2D eigenvalue weighted by Crippen LogP contribution is 2.33. The van der Waals surface area contributed by atoms with Crippen molar-refractivity contribution >= 4 is 23.8 Å². The Balaban J connectivity index is 1.98. The molecule has 0 saturated heterocycles. The van der Waals surface area contributed by atoms with Crippen molar-refractivity contribution < 1.29 is 9.59 Å². The van der Waals surface area contributed by atoms with E-state index < -0.39 is 0 Å². The number of hydrogen-bond donors (Lipinski definition) is 1. The van der Waals surface area contributed by atoms with Crippen molar-refractivity contribution in [1.29, 1.82) is 0 Å². The van der Waals surface area contributed by atoms with E-state index in [1.54, 1.807) is 12.1 Å². The lowest BCUT2D eigenvalue weighted by atomic mass is 9.97. The predicted octanol–water partition coefficient (Wildman–Crippen LogP) is 3.17. The molecule has 6 heteroatoms. The van der Waals surface area contributed by atoms with E-state index in [0.717, 1.165) is 16.8 Å². The van der Waals surface area contributed by atoms with E-state index in [-0.39, 0.29) is 17.6 Å². The van der Waals surface area contributed by atoms with Gasteiger partial charge in [0.2, 0.25) is 0 Å². The van der Waals surface area contributed by atoms with E-state index in [1.807, 2.05) is 36.4 Å². The molecule has 0 aliphatic carbocycles. The number of aldehydes is 1. The molecule has 1 aliphatic heterocycles. The fraction of sp³-hybridized carbons (Fsp3) is 0.0556. The van der Waals surface area contributed by atoms with E-state index in [1.165, 1.54) is 10.7 Å². The number of nitrogens with zero attached hydrogens (tertiary/aromatic N) is 2. The van der Waals surface area contributed by atoms with Crippen molar-refractivity contribution in [2.45, 2.75) is 6.04 Å². The van der Waals surface area contributed by atoms with Crippen LogP contribution in [0.25, 0.3) is 5.69 Å². The summed E-state index contributed by atoms with van der Waals surface area (Å²) in [6.45, 7) is 0. The Labute approximate surface area is 142 Å². The maximum absolute atomic E-state index is 12.7. The van der Waals surface area contributed by atoms with Gasteiger partial charge in [0.25, 0.3) is 5.91 Å². The highest BCUT2D eigenvalue weighted by Gasteiger charge is 2.29. The SMILES string of the molecule is O=Cc1cc2n(n1)-c1ccc(Cl)cc1C(c1ccccc1)NC2=O. The van der Waals surface area contributed by atoms with Crippen molar-refractivity contribution in [1.82, 2.24) is 15.1 Å². The highest BCUT2D eigenvalue weighted by molar-refractivity contribution is 6.30. The molecule has 4 rings (SSSR count). The van der Waals surface area contributed by atoms with Crippen LogP contribution < -0.4 is 5.32 Å². The second kappa shape index (κ2) is 5.62. The first kappa shape index (κ1) is 14.7. The topological polar surface area (TPSA) is 64.0 Å². The average molecular weight is 338 g/mol. The summed E-state index contributed by atoms with van der Waals surface area (Å²) in [6.07, 6.45) is 0.624. The van der Waals surface area contributed by atoms with E-state index >= 15 is 0 Å². The van der Waals surface area contributed by atoms with Crippen LogP contribution in [0, 0.1) is 0 Å². The molecule has 1 amide bonds. The van der Waals surface area contributed by atoms with Crippen LogP contribution >= 0.6 is 11.6 Å². The van der Waals surface area contributed by atoms with E-state index in [9.17, 15) is 9.59 Å². The number of rotatable bonds is 2. The summed E-state index contributed by atoms with van der Waals surface area (Å²) in [5.41, 5.74) is 3.00. The fourth-order valence-electron chi connectivity index (χ4n) is 2.94. The zero-order valence-corrected chi connectivity index (χ0v) is 13.2. The molecule has 0 fully saturated rings. The van der Waals surface area contributed by atoms with Crippen LogP contribution in [0.5, 0.6) is 0 Å². The van der Waals surface area contributed by atoms with Gasteiger partial charge in [-0.15, -0.1) is 0 Å². The van der Waals surface area contributed by atoms with Gasteiger partial charge in [-0.2, -0.15) is 5.10 Å². The van der Waals surface area contributed by atoms with Crippen molar-refractivity contribution in [3.63, 3.8) is 0 Å². The number of carbonyl (C=O) groups excluding carboxylic acids is 2. The molecule has 1 N–H and O–H groups in total. The first-order valence-electron chi connectivity index (χ1n) is 7.38. The predicted molar refractivity (Wildman–Crippen MR) is 89.7 cm³/mol. The smallest absolute Gasteiger partial charge is 0.270 e. The number of hydrogen-bond acceptors (Lipinski definition) is 3. The lowest BCUT2D eigenvalue weighted by Gasteiger charge is -2.19. The summed E-state index contributed by atoms with van der Waals surface area (Å²) in [5.74, 6) is -0.295. The average Bonchev–Trinajstić information content (AvgIpc) is 3.00. The molecule has 0 spiro atoms. The Bertz CT molecular complexity index is 950. The summed E-state index contributed by atoms with van der Waals surface area (Å²) < 4.78 is 1.49. The van der Waals surface area contributed by atoms with Gasteiger partial charge < -0.3 is 5.32 Å². The molecule has 2 heterocycles. The molecule has 1 unspecified atom stereocenters. The van der Waals surface area contributed by atoms with Crippen LogP contribution in [0.2, 0.25) is 5.02 Å². The molecule has 118 valence electrons. The van der Waals surface area contributed by atoms with Gasteiger partial charge in [0.1, 0.15) is 11.4 Å². The van der Waals surface area contributed by atoms with Gasteiger partial charge in [-0.3, -0.25) is 9.59 Å². The lowest BCUT2D eigenvalue weighted by Crippen LogP contribution is -2.28. The van der Waals surface area contributed by atoms with Crippen LogP contribution in [0.1, 0.15) is 38.1 Å². The third-order valence-electron chi connectivity index (χ3n) is 4.02. The number of carbonyl (C=O) groups is 2. The van der Waals surface area contributed by atoms with Gasteiger partial charge in [0, 0.05) is 16.7 Å². The first-order chi connectivity index (χ1) is 11.7. The molecule has 24 heavy (non-hydrogen) atoms. The van der Waals surface area contributed by atoms with Crippen molar-refractivity contribution in [3.05, 3.63) is 82.1 Å². The zero-order valence-electron chi connectivity index (χ0n) is 12.4. The summed E-state index contributed by atoms with van der Waals surface area (Å²) in [6, 6.07) is 16.1. The molecular weight excluding hydrogens is 326 g/mol. The third kappa shape index (κ3) is 2.30. The molecule has 2 aromatic carbocycles. The van der Waals surface area contributed by atoms with Crippen LogP contribution in [0.3, 0.4) is 0 Å². The van der Waals surface area contributed by atoms with Crippen LogP contribution in [-0.2, 0) is 0 Å². The summed E-state index contributed by atoms with van der Waals surface area (Å²) in [4.78, 5) is 23.7. The second-order valence-corrected chi connectivity index (χ2v) is 5.94. The Morgan fingerprint density at radius 2 is 1.92 bits per heavy atom. The van der Waals surface area contributed by atoms with Crippen molar-refractivity contribution in [2.75, 3.05) is 0 Å². The van der Waals surface area contributed by atoms with Gasteiger partial charge in [-0.25, -0.2) is 4.68 Å². The largest absolute Gasteiger partial charge is 0.340 e. The van der Waals surface area contributed by atoms with Gasteiger partial charge in [-0.1, -0.05) is 41.9 Å². The van der Waals surface area contributed by atoms with E-state index in [2.05, 4.69) is 10.4 Å². The minimum Gasteiger partial charge on any atom is -0.340 e. The number of amides is 1. The normalized spacial score (nSPS) is 15.9. The molecule has 0 saturated carbocycles.